The largest absolute Gasteiger partial charge is 0.388 e. The van der Waals surface area contributed by atoms with Gasteiger partial charge < -0.3 is 21.1 Å². The number of primary amides is 1. The number of aromatic nitrogens is 6. The summed E-state index contributed by atoms with van der Waals surface area (Å²) < 4.78 is 15.2. The molecule has 5 heterocycles. The zero-order chi connectivity index (χ0) is 30.8. The van der Waals surface area contributed by atoms with E-state index in [4.69, 9.17) is 5.73 Å². The number of carbonyl (C=O) groups is 3. The molecule has 13 nitrogen and oxygen atoms in total. The summed E-state index contributed by atoms with van der Waals surface area (Å²) in [4.78, 5) is 58.2. The van der Waals surface area contributed by atoms with Gasteiger partial charge in [0.15, 0.2) is 17.3 Å². The second-order valence-corrected chi connectivity index (χ2v) is 12.0. The Morgan fingerprint density at radius 2 is 1.91 bits per heavy atom. The summed E-state index contributed by atoms with van der Waals surface area (Å²) in [5.41, 5.74) is 7.84. The molecular formula is C28H27BrFN9O4. The van der Waals surface area contributed by atoms with Crippen molar-refractivity contribution in [2.75, 3.05) is 5.32 Å². The minimum atomic E-state index is -0.777. The fourth-order valence-electron chi connectivity index (χ4n) is 5.86. The molecule has 1 aliphatic carbocycles. The van der Waals surface area contributed by atoms with E-state index in [-0.39, 0.29) is 52.5 Å². The van der Waals surface area contributed by atoms with Crippen molar-refractivity contribution in [3.05, 3.63) is 57.7 Å². The molecule has 0 radical (unpaired) electrons. The van der Waals surface area contributed by atoms with Crippen LogP contribution in [0, 0.1) is 25.1 Å². The van der Waals surface area contributed by atoms with Crippen LogP contribution in [0.3, 0.4) is 0 Å². The van der Waals surface area contributed by atoms with Crippen LogP contribution in [-0.2, 0) is 22.7 Å². The number of aryl methyl sites for hydroxylation is 2. The van der Waals surface area contributed by atoms with Crippen molar-refractivity contribution in [3.8, 4) is 11.3 Å². The molecule has 0 spiro atoms. The number of piperidine rings is 1. The Labute approximate surface area is 252 Å². The maximum absolute atomic E-state index is 13.9. The molecule has 1 saturated heterocycles. The van der Waals surface area contributed by atoms with Crippen LogP contribution in [0.5, 0.6) is 0 Å². The second kappa shape index (κ2) is 10.4. The van der Waals surface area contributed by atoms with Crippen LogP contribution in [0.2, 0.25) is 0 Å². The first-order valence-electron chi connectivity index (χ1n) is 13.4. The Bertz CT molecular complexity index is 1830. The molecule has 0 aromatic carbocycles. The van der Waals surface area contributed by atoms with E-state index in [1.807, 2.05) is 6.92 Å². The molecule has 15 heteroatoms. The molecule has 2 aliphatic rings. The van der Waals surface area contributed by atoms with Crippen molar-refractivity contribution in [2.45, 2.75) is 58.8 Å². The number of likely N-dealkylation sites (tertiary alicyclic amines) is 1. The van der Waals surface area contributed by atoms with Gasteiger partial charge in [0.2, 0.25) is 11.8 Å². The lowest BCUT2D eigenvalue weighted by Crippen LogP contribution is -2.47. The highest BCUT2D eigenvalue weighted by Crippen LogP contribution is 2.59. The Morgan fingerprint density at radius 1 is 1.19 bits per heavy atom. The van der Waals surface area contributed by atoms with Crippen molar-refractivity contribution >= 4 is 50.4 Å². The lowest BCUT2D eigenvalue weighted by atomic mass is 10.0. The summed E-state index contributed by atoms with van der Waals surface area (Å²) in [5, 5.41) is 16.8. The second-order valence-electron chi connectivity index (χ2n) is 11.2. The van der Waals surface area contributed by atoms with Crippen LogP contribution in [0.25, 0.3) is 22.2 Å². The monoisotopic (exact) mass is 651 g/mol. The molecule has 43 heavy (non-hydrogen) atoms. The average molecular weight is 652 g/mol. The highest BCUT2D eigenvalue weighted by Gasteiger charge is 2.64. The van der Waals surface area contributed by atoms with Gasteiger partial charge >= 0.3 is 0 Å². The summed E-state index contributed by atoms with van der Waals surface area (Å²) in [7, 11) is 0. The Hall–Kier alpha value is -4.37. The summed E-state index contributed by atoms with van der Waals surface area (Å²) in [6.07, 6.45) is 4.24. The van der Waals surface area contributed by atoms with Gasteiger partial charge in [0, 0.05) is 29.4 Å². The molecule has 4 N–H and O–H groups in total. The van der Waals surface area contributed by atoms with Crippen molar-refractivity contribution in [2.24, 2.45) is 11.1 Å². The minimum absolute atomic E-state index is 0.0276. The van der Waals surface area contributed by atoms with Crippen LogP contribution >= 0.6 is 15.9 Å². The molecular weight excluding hydrogens is 625 g/mol. The van der Waals surface area contributed by atoms with E-state index < -0.39 is 23.7 Å². The van der Waals surface area contributed by atoms with E-state index in [2.05, 4.69) is 46.3 Å². The number of rotatable bonds is 7. The van der Waals surface area contributed by atoms with Crippen LogP contribution in [0.15, 0.2) is 29.1 Å². The first kappa shape index (κ1) is 28.7. The van der Waals surface area contributed by atoms with Gasteiger partial charge in [-0.1, -0.05) is 6.92 Å². The van der Waals surface area contributed by atoms with Gasteiger partial charge in [-0.05, 0) is 65.7 Å². The molecule has 4 aromatic heterocycles. The van der Waals surface area contributed by atoms with Crippen molar-refractivity contribution < 1.29 is 23.9 Å². The van der Waals surface area contributed by atoms with E-state index in [9.17, 15) is 23.9 Å². The van der Waals surface area contributed by atoms with Gasteiger partial charge in [-0.15, -0.1) is 0 Å². The molecule has 1 saturated carbocycles. The number of halogens is 2. The van der Waals surface area contributed by atoms with Gasteiger partial charge in [-0.2, -0.15) is 5.10 Å². The molecule has 2 fully saturated rings. The number of nitrogens with one attached hydrogen (secondary N) is 1. The molecule has 6 rings (SSSR count). The highest BCUT2D eigenvalue weighted by molar-refractivity contribution is 9.10. The van der Waals surface area contributed by atoms with Crippen molar-refractivity contribution in [3.63, 3.8) is 0 Å². The number of nitrogens with two attached hydrogens (primary N) is 1. The molecule has 0 bridgehead atoms. The molecule has 4 aromatic rings. The summed E-state index contributed by atoms with van der Waals surface area (Å²) in [5.74, 6) is -1.64. The number of aliphatic hydroxyl groups is 1. The SMILES string of the molecule is Cc1cc(F)c(Br)nc1NC(=O)C1CC2(C)CC2N1C(=O)Cn1nc(C(N)=O)c2cc(-c3cnc(CO)nc3)nc(C)c21. The minimum Gasteiger partial charge on any atom is -0.388 e. The molecule has 3 unspecified atom stereocenters. The first-order valence-corrected chi connectivity index (χ1v) is 14.2. The zero-order valence-electron chi connectivity index (χ0n) is 23.4. The Balaban J connectivity index is 1.31. The number of fused-ring (bicyclic) bond motifs is 2. The number of pyridine rings is 2. The van der Waals surface area contributed by atoms with Crippen LogP contribution < -0.4 is 11.1 Å². The maximum Gasteiger partial charge on any atom is 0.269 e. The van der Waals surface area contributed by atoms with Crippen LogP contribution in [-0.4, -0.2) is 69.5 Å². The predicted molar refractivity (Wildman–Crippen MR) is 155 cm³/mol. The van der Waals surface area contributed by atoms with Gasteiger partial charge in [0.05, 0.1) is 16.9 Å². The maximum atomic E-state index is 13.9. The molecule has 3 amide bonds. The zero-order valence-corrected chi connectivity index (χ0v) is 25.0. The lowest BCUT2D eigenvalue weighted by molar-refractivity contribution is -0.138. The number of nitrogens with zero attached hydrogens (tertiary/aromatic N) is 7. The third-order valence-electron chi connectivity index (χ3n) is 8.15. The number of amides is 3. The third-order valence-corrected chi connectivity index (χ3v) is 8.71. The number of carbonyl (C=O) groups excluding carboxylic acids is 3. The fraction of sp³-hybridized carbons (Fsp3) is 0.357. The van der Waals surface area contributed by atoms with Crippen LogP contribution in [0.4, 0.5) is 10.2 Å². The summed E-state index contributed by atoms with van der Waals surface area (Å²) >= 11 is 3.05. The Morgan fingerprint density at radius 3 is 2.58 bits per heavy atom. The van der Waals surface area contributed by atoms with Gasteiger partial charge in [0.1, 0.15) is 29.6 Å². The van der Waals surface area contributed by atoms with Crippen LogP contribution in [0.1, 0.15) is 47.3 Å². The predicted octanol–water partition coefficient (Wildman–Crippen LogP) is 2.41. The standard InChI is InChI=1S/C28H27BrFN9O4/c1-12-4-16(30)24(29)35-26(12)36-27(43)18-6-28(3)7-19(28)39(18)21(41)10-38-23-13(2)34-17(5-15(23)22(37-38)25(31)42)14-8-32-20(11-40)33-9-14/h4-5,8-9,18-19,40H,6-7,10-11H2,1-3H3,(H2,31,42)(H,35,36,43). The first-order chi connectivity index (χ1) is 20.4. The average Bonchev–Trinajstić information content (AvgIpc) is 3.32. The number of hydrogen-bond acceptors (Lipinski definition) is 9. The number of hydrogen-bond donors (Lipinski definition) is 3. The van der Waals surface area contributed by atoms with E-state index in [1.165, 1.54) is 23.1 Å². The van der Waals surface area contributed by atoms with Gasteiger partial charge in [-0.3, -0.25) is 24.0 Å². The van der Waals surface area contributed by atoms with Gasteiger partial charge in [0.25, 0.3) is 5.91 Å². The van der Waals surface area contributed by atoms with Crippen molar-refractivity contribution in [1.82, 2.24) is 34.6 Å². The topological polar surface area (TPSA) is 182 Å². The lowest BCUT2D eigenvalue weighted by Gasteiger charge is -2.27. The normalized spacial score (nSPS) is 20.7. The highest BCUT2D eigenvalue weighted by atomic mass is 79.9. The van der Waals surface area contributed by atoms with E-state index in [1.54, 1.807) is 24.8 Å². The fourth-order valence-corrected chi connectivity index (χ4v) is 6.16. The van der Waals surface area contributed by atoms with Crippen molar-refractivity contribution in [1.29, 1.82) is 0 Å². The number of anilines is 1. The number of aliphatic hydroxyl groups excluding tert-OH is 1. The van der Waals surface area contributed by atoms with E-state index in [0.717, 1.165) is 6.42 Å². The van der Waals surface area contributed by atoms with E-state index >= 15 is 0 Å². The Kier molecular flexibility index (Phi) is 6.96. The van der Waals surface area contributed by atoms with E-state index in [0.29, 0.717) is 39.8 Å². The third kappa shape index (κ3) is 5.01. The van der Waals surface area contributed by atoms with Gasteiger partial charge in [-0.25, -0.2) is 19.3 Å². The molecule has 1 aliphatic heterocycles. The molecule has 222 valence electrons. The smallest absolute Gasteiger partial charge is 0.269 e. The molecule has 3 atom stereocenters. The quantitative estimate of drug-likeness (QED) is 0.253. The summed E-state index contributed by atoms with van der Waals surface area (Å²) in [6.45, 7) is 4.83. The summed E-state index contributed by atoms with van der Waals surface area (Å²) in [6, 6.07) is 2.00.